The third-order valence-corrected chi connectivity index (χ3v) is 4.86. The average Bonchev–Trinajstić information content (AvgIpc) is 2.63. The van der Waals surface area contributed by atoms with Crippen LogP contribution in [-0.4, -0.2) is 19.1 Å². The number of rotatable bonds is 6. The molecule has 1 N–H and O–H groups in total. The highest BCUT2D eigenvalue weighted by Crippen LogP contribution is 2.36. The SMILES string of the molecule is CC(C)NCc1c(Oc2ccccc2Cl)cccc1N1CCCCC1. The van der Waals surface area contributed by atoms with Crippen molar-refractivity contribution in [1.29, 1.82) is 0 Å². The first-order chi connectivity index (χ1) is 12.1. The van der Waals surface area contributed by atoms with Crippen molar-refractivity contribution in [3.63, 3.8) is 0 Å². The maximum atomic E-state index is 6.29. The molecule has 0 saturated carbocycles. The molecule has 0 aromatic heterocycles. The maximum Gasteiger partial charge on any atom is 0.146 e. The molecular formula is C21H27ClN2O. The Morgan fingerprint density at radius 2 is 1.72 bits per heavy atom. The standard InChI is InChI=1S/C21H27ClN2O/c1-16(2)23-15-17-19(24-13-6-3-7-14-24)10-8-12-20(17)25-21-11-5-4-9-18(21)22/h4-5,8-12,16,23H,3,6-7,13-15H2,1-2H3. The summed E-state index contributed by atoms with van der Waals surface area (Å²) < 4.78 is 6.21. The van der Waals surface area contributed by atoms with Crippen LogP contribution in [0.1, 0.15) is 38.7 Å². The predicted octanol–water partition coefficient (Wildman–Crippen LogP) is 5.62. The van der Waals surface area contributed by atoms with Crippen molar-refractivity contribution >= 4 is 17.3 Å². The van der Waals surface area contributed by atoms with Crippen LogP contribution in [0.4, 0.5) is 5.69 Å². The zero-order valence-corrected chi connectivity index (χ0v) is 15.9. The second-order valence-electron chi connectivity index (χ2n) is 6.87. The molecule has 0 aliphatic carbocycles. The van der Waals surface area contributed by atoms with E-state index in [1.807, 2.05) is 30.3 Å². The average molecular weight is 359 g/mol. The van der Waals surface area contributed by atoms with Crippen molar-refractivity contribution in [2.45, 2.75) is 45.7 Å². The van der Waals surface area contributed by atoms with Crippen molar-refractivity contribution < 1.29 is 4.74 Å². The topological polar surface area (TPSA) is 24.5 Å². The molecule has 0 unspecified atom stereocenters. The number of hydrogen-bond acceptors (Lipinski definition) is 3. The number of piperidine rings is 1. The fraction of sp³-hybridized carbons (Fsp3) is 0.429. The van der Waals surface area contributed by atoms with Gasteiger partial charge in [0.1, 0.15) is 11.5 Å². The number of para-hydroxylation sites is 1. The highest BCUT2D eigenvalue weighted by molar-refractivity contribution is 6.32. The van der Waals surface area contributed by atoms with E-state index in [-0.39, 0.29) is 0 Å². The Kier molecular flexibility index (Phi) is 6.22. The molecule has 1 fully saturated rings. The fourth-order valence-electron chi connectivity index (χ4n) is 3.21. The van der Waals surface area contributed by atoms with Gasteiger partial charge in [0.25, 0.3) is 0 Å². The van der Waals surface area contributed by atoms with Crippen LogP contribution < -0.4 is 15.0 Å². The second kappa shape index (κ2) is 8.59. The summed E-state index contributed by atoms with van der Waals surface area (Å²) in [5, 5.41) is 4.18. The minimum absolute atomic E-state index is 0.419. The molecule has 3 rings (SSSR count). The van der Waals surface area contributed by atoms with Crippen molar-refractivity contribution in [2.24, 2.45) is 0 Å². The van der Waals surface area contributed by atoms with E-state index < -0.39 is 0 Å². The Balaban J connectivity index is 1.93. The van der Waals surface area contributed by atoms with Crippen molar-refractivity contribution in [3.8, 4) is 11.5 Å². The summed E-state index contributed by atoms with van der Waals surface area (Å²) >= 11 is 6.29. The lowest BCUT2D eigenvalue weighted by Crippen LogP contribution is -2.31. The number of nitrogens with zero attached hydrogens (tertiary/aromatic N) is 1. The zero-order valence-electron chi connectivity index (χ0n) is 15.1. The molecule has 0 bridgehead atoms. The molecule has 0 amide bonds. The quantitative estimate of drug-likeness (QED) is 0.725. The van der Waals surface area contributed by atoms with Gasteiger partial charge in [0, 0.05) is 36.9 Å². The predicted molar refractivity (Wildman–Crippen MR) is 106 cm³/mol. The van der Waals surface area contributed by atoms with E-state index in [2.05, 4.69) is 36.2 Å². The van der Waals surface area contributed by atoms with Crippen LogP contribution in [0.15, 0.2) is 42.5 Å². The van der Waals surface area contributed by atoms with Crippen LogP contribution in [0, 0.1) is 0 Å². The van der Waals surface area contributed by atoms with E-state index in [9.17, 15) is 0 Å². The molecule has 2 aromatic carbocycles. The van der Waals surface area contributed by atoms with Crippen LogP contribution in [0.3, 0.4) is 0 Å². The Morgan fingerprint density at radius 3 is 2.44 bits per heavy atom. The van der Waals surface area contributed by atoms with Crippen LogP contribution >= 0.6 is 11.6 Å². The molecule has 0 atom stereocenters. The lowest BCUT2D eigenvalue weighted by Gasteiger charge is -2.31. The first-order valence-corrected chi connectivity index (χ1v) is 9.55. The van der Waals surface area contributed by atoms with E-state index in [0.717, 1.165) is 25.4 Å². The number of anilines is 1. The van der Waals surface area contributed by atoms with Gasteiger partial charge in [0.15, 0.2) is 0 Å². The monoisotopic (exact) mass is 358 g/mol. The van der Waals surface area contributed by atoms with Crippen LogP contribution in [0.2, 0.25) is 5.02 Å². The molecule has 0 radical (unpaired) electrons. The normalized spacial score (nSPS) is 14.8. The lowest BCUT2D eigenvalue weighted by molar-refractivity contribution is 0.468. The molecule has 1 aliphatic rings. The highest BCUT2D eigenvalue weighted by Gasteiger charge is 2.18. The molecule has 4 heteroatoms. The van der Waals surface area contributed by atoms with Gasteiger partial charge in [-0.1, -0.05) is 43.6 Å². The van der Waals surface area contributed by atoms with E-state index in [0.29, 0.717) is 16.8 Å². The van der Waals surface area contributed by atoms with Gasteiger partial charge in [-0.25, -0.2) is 0 Å². The minimum Gasteiger partial charge on any atom is -0.455 e. The van der Waals surface area contributed by atoms with Gasteiger partial charge in [-0.3, -0.25) is 0 Å². The molecular weight excluding hydrogens is 332 g/mol. The highest BCUT2D eigenvalue weighted by atomic mass is 35.5. The molecule has 2 aromatic rings. The van der Waals surface area contributed by atoms with Gasteiger partial charge in [0.05, 0.1) is 5.02 Å². The Hall–Kier alpha value is -1.71. The summed E-state index contributed by atoms with van der Waals surface area (Å²) in [6.45, 7) is 7.34. The largest absolute Gasteiger partial charge is 0.455 e. The van der Waals surface area contributed by atoms with Crippen molar-refractivity contribution in [3.05, 3.63) is 53.1 Å². The smallest absolute Gasteiger partial charge is 0.146 e. The van der Waals surface area contributed by atoms with Gasteiger partial charge in [-0.2, -0.15) is 0 Å². The second-order valence-corrected chi connectivity index (χ2v) is 7.28. The zero-order chi connectivity index (χ0) is 17.6. The Bertz CT molecular complexity index is 696. The summed E-state index contributed by atoms with van der Waals surface area (Å²) in [5.41, 5.74) is 2.48. The van der Waals surface area contributed by atoms with Crippen LogP contribution in [0.25, 0.3) is 0 Å². The summed E-state index contributed by atoms with van der Waals surface area (Å²) in [6.07, 6.45) is 3.84. The maximum absolute atomic E-state index is 6.29. The number of nitrogens with one attached hydrogen (secondary N) is 1. The number of benzene rings is 2. The van der Waals surface area contributed by atoms with Gasteiger partial charge < -0.3 is 15.0 Å². The van der Waals surface area contributed by atoms with Crippen LogP contribution in [-0.2, 0) is 6.54 Å². The number of hydrogen-bond donors (Lipinski definition) is 1. The Labute approximate surface area is 155 Å². The van der Waals surface area contributed by atoms with Crippen LogP contribution in [0.5, 0.6) is 11.5 Å². The molecule has 3 nitrogen and oxygen atoms in total. The van der Waals surface area contributed by atoms with Crippen molar-refractivity contribution in [1.82, 2.24) is 5.32 Å². The molecule has 0 spiro atoms. The van der Waals surface area contributed by atoms with E-state index >= 15 is 0 Å². The van der Waals surface area contributed by atoms with Gasteiger partial charge in [-0.05, 0) is 43.5 Å². The molecule has 134 valence electrons. The van der Waals surface area contributed by atoms with E-state index in [1.54, 1.807) is 0 Å². The molecule has 1 aliphatic heterocycles. The molecule has 25 heavy (non-hydrogen) atoms. The third kappa shape index (κ3) is 4.68. The summed E-state index contributed by atoms with van der Waals surface area (Å²) in [7, 11) is 0. The van der Waals surface area contributed by atoms with E-state index in [1.165, 1.54) is 30.5 Å². The molecule has 1 saturated heterocycles. The van der Waals surface area contributed by atoms with Gasteiger partial charge in [-0.15, -0.1) is 0 Å². The first kappa shape index (κ1) is 18.1. The summed E-state index contributed by atoms with van der Waals surface area (Å²) in [4.78, 5) is 2.49. The minimum atomic E-state index is 0.419. The number of ether oxygens (including phenoxy) is 1. The van der Waals surface area contributed by atoms with Gasteiger partial charge >= 0.3 is 0 Å². The number of halogens is 1. The summed E-state index contributed by atoms with van der Waals surface area (Å²) in [5.74, 6) is 1.58. The third-order valence-electron chi connectivity index (χ3n) is 4.55. The first-order valence-electron chi connectivity index (χ1n) is 9.18. The Morgan fingerprint density at radius 1 is 1.00 bits per heavy atom. The summed E-state index contributed by atoms with van der Waals surface area (Å²) in [6, 6.07) is 14.4. The van der Waals surface area contributed by atoms with E-state index in [4.69, 9.17) is 16.3 Å². The lowest BCUT2D eigenvalue weighted by atomic mass is 10.1. The van der Waals surface area contributed by atoms with Crippen molar-refractivity contribution in [2.75, 3.05) is 18.0 Å². The molecule has 1 heterocycles. The van der Waals surface area contributed by atoms with Gasteiger partial charge in [0.2, 0.25) is 0 Å². The fourth-order valence-corrected chi connectivity index (χ4v) is 3.38.